The molecule has 2 aliphatic carbocycles. The lowest BCUT2D eigenvalue weighted by Crippen LogP contribution is -2.53. The number of ether oxygens (including phenoxy) is 1. The number of hydrogen-bond donors (Lipinski definition) is 2. The average molecular weight is 475 g/mol. The summed E-state index contributed by atoms with van der Waals surface area (Å²) in [6.45, 7) is 2.79. The predicted octanol–water partition coefficient (Wildman–Crippen LogP) is 4.33. The zero-order valence-corrected chi connectivity index (χ0v) is 19.8. The van der Waals surface area contributed by atoms with Crippen LogP contribution in [0.25, 0.3) is 11.1 Å². The number of nitrogens with zero attached hydrogens (tertiary/aromatic N) is 1. The summed E-state index contributed by atoms with van der Waals surface area (Å²) in [5, 5.41) is 12.1. The fourth-order valence-electron chi connectivity index (χ4n) is 5.85. The molecule has 35 heavy (non-hydrogen) atoms. The molecular formula is C28H30N2O5. The molecule has 0 bridgehead atoms. The number of rotatable bonds is 5. The highest BCUT2D eigenvalue weighted by atomic mass is 16.5. The van der Waals surface area contributed by atoms with Crippen LogP contribution < -0.4 is 5.32 Å². The van der Waals surface area contributed by atoms with E-state index in [0.717, 1.165) is 17.5 Å². The smallest absolute Gasteiger partial charge is 0.407 e. The highest BCUT2D eigenvalue weighted by molar-refractivity contribution is 5.89. The maximum Gasteiger partial charge on any atom is 0.407 e. The number of alkyl carbamates (subject to hydrolysis) is 1. The Morgan fingerprint density at radius 3 is 2.34 bits per heavy atom. The summed E-state index contributed by atoms with van der Waals surface area (Å²) in [6.07, 6.45) is 3.64. The van der Waals surface area contributed by atoms with Gasteiger partial charge in [0.25, 0.3) is 0 Å². The Kier molecular flexibility index (Phi) is 6.09. The SMILES string of the molecule is CC1(C(=O)N2CC=C(C(=O)O)CC2)CCCC1NC(=O)OCC1c2ccccc2-c2ccccc21. The second-order valence-electron chi connectivity index (χ2n) is 9.87. The van der Waals surface area contributed by atoms with Gasteiger partial charge in [-0.05, 0) is 48.4 Å². The summed E-state index contributed by atoms with van der Waals surface area (Å²) in [7, 11) is 0. The van der Waals surface area contributed by atoms with Crippen molar-refractivity contribution < 1.29 is 24.2 Å². The normalized spacial score (nSPS) is 23.3. The second kappa shape index (κ2) is 9.21. The Hall–Kier alpha value is -3.61. The molecule has 2 atom stereocenters. The van der Waals surface area contributed by atoms with Gasteiger partial charge in [0.2, 0.25) is 5.91 Å². The van der Waals surface area contributed by atoms with Gasteiger partial charge >= 0.3 is 12.1 Å². The molecule has 1 heterocycles. The molecule has 2 unspecified atom stereocenters. The van der Waals surface area contributed by atoms with E-state index < -0.39 is 17.5 Å². The van der Waals surface area contributed by atoms with Crippen LogP contribution in [0.2, 0.25) is 0 Å². The Morgan fingerprint density at radius 1 is 1.09 bits per heavy atom. The predicted molar refractivity (Wildman–Crippen MR) is 131 cm³/mol. The highest BCUT2D eigenvalue weighted by Crippen LogP contribution is 2.45. The molecule has 0 aromatic heterocycles. The van der Waals surface area contributed by atoms with Crippen molar-refractivity contribution in [3.05, 3.63) is 71.3 Å². The number of benzene rings is 2. The van der Waals surface area contributed by atoms with Gasteiger partial charge in [0, 0.05) is 30.6 Å². The minimum Gasteiger partial charge on any atom is -0.478 e. The largest absolute Gasteiger partial charge is 0.478 e. The molecule has 2 aromatic rings. The first-order chi connectivity index (χ1) is 16.9. The van der Waals surface area contributed by atoms with Crippen molar-refractivity contribution in [3.8, 4) is 11.1 Å². The number of fused-ring (bicyclic) bond motifs is 3. The van der Waals surface area contributed by atoms with Gasteiger partial charge in [-0.2, -0.15) is 0 Å². The van der Waals surface area contributed by atoms with Crippen LogP contribution in [-0.2, 0) is 14.3 Å². The topological polar surface area (TPSA) is 95.9 Å². The number of amides is 2. The van der Waals surface area contributed by atoms with Crippen molar-refractivity contribution >= 4 is 18.0 Å². The highest BCUT2D eigenvalue weighted by Gasteiger charge is 2.48. The average Bonchev–Trinajstić information content (AvgIpc) is 3.40. The Morgan fingerprint density at radius 2 is 1.74 bits per heavy atom. The molecule has 0 radical (unpaired) electrons. The van der Waals surface area contributed by atoms with Crippen LogP contribution in [0, 0.1) is 5.41 Å². The minimum absolute atomic E-state index is 0.0201. The van der Waals surface area contributed by atoms with Crippen molar-refractivity contribution in [2.45, 2.75) is 44.6 Å². The number of aliphatic carboxylic acids is 1. The third kappa shape index (κ3) is 4.20. The molecule has 2 amide bonds. The Balaban J connectivity index is 1.23. The molecule has 1 fully saturated rings. The van der Waals surface area contributed by atoms with Crippen LogP contribution in [-0.4, -0.2) is 53.7 Å². The van der Waals surface area contributed by atoms with Crippen LogP contribution in [0.3, 0.4) is 0 Å². The van der Waals surface area contributed by atoms with E-state index in [4.69, 9.17) is 4.74 Å². The zero-order valence-electron chi connectivity index (χ0n) is 19.8. The fourth-order valence-corrected chi connectivity index (χ4v) is 5.85. The lowest BCUT2D eigenvalue weighted by atomic mass is 9.82. The maximum absolute atomic E-state index is 13.4. The number of carboxylic acid groups (broad SMARTS) is 1. The van der Waals surface area contributed by atoms with E-state index in [1.807, 2.05) is 31.2 Å². The van der Waals surface area contributed by atoms with Crippen molar-refractivity contribution in [1.29, 1.82) is 0 Å². The molecule has 0 spiro atoms. The monoisotopic (exact) mass is 474 g/mol. The number of carboxylic acids is 1. The lowest BCUT2D eigenvalue weighted by Gasteiger charge is -2.37. The molecule has 7 heteroatoms. The Labute approximate surface area is 204 Å². The molecule has 182 valence electrons. The van der Waals surface area contributed by atoms with E-state index in [1.54, 1.807) is 11.0 Å². The number of nitrogens with one attached hydrogen (secondary N) is 1. The van der Waals surface area contributed by atoms with Crippen LogP contribution in [0.15, 0.2) is 60.2 Å². The minimum atomic E-state index is -0.932. The van der Waals surface area contributed by atoms with E-state index in [2.05, 4.69) is 29.6 Å². The summed E-state index contributed by atoms with van der Waals surface area (Å²) < 4.78 is 5.71. The van der Waals surface area contributed by atoms with Crippen molar-refractivity contribution in [1.82, 2.24) is 10.2 Å². The van der Waals surface area contributed by atoms with E-state index in [1.165, 1.54) is 11.1 Å². The zero-order chi connectivity index (χ0) is 24.6. The standard InChI is InChI=1S/C28H30N2O5/c1-28(26(33)30-15-12-18(13-16-30)25(31)32)14-6-11-24(28)29-27(34)35-17-23-21-9-4-2-7-19(21)20-8-3-5-10-22(20)23/h2-5,7-10,12,23-24H,6,11,13-17H2,1H3,(H,29,34)(H,31,32). The van der Waals surface area contributed by atoms with E-state index in [0.29, 0.717) is 31.4 Å². The first-order valence-electron chi connectivity index (χ1n) is 12.2. The summed E-state index contributed by atoms with van der Waals surface area (Å²) in [5.74, 6) is -0.994. The van der Waals surface area contributed by atoms with E-state index >= 15 is 0 Å². The summed E-state index contributed by atoms with van der Waals surface area (Å²) in [6, 6.07) is 16.1. The fraction of sp³-hybridized carbons (Fsp3) is 0.393. The molecule has 0 saturated heterocycles. The van der Waals surface area contributed by atoms with E-state index in [-0.39, 0.29) is 31.0 Å². The first kappa shape index (κ1) is 23.1. The molecule has 2 aromatic carbocycles. The molecule has 5 rings (SSSR count). The lowest BCUT2D eigenvalue weighted by molar-refractivity contribution is -0.142. The third-order valence-corrected chi connectivity index (χ3v) is 7.85. The van der Waals surface area contributed by atoms with Gasteiger partial charge in [-0.25, -0.2) is 9.59 Å². The third-order valence-electron chi connectivity index (χ3n) is 7.85. The van der Waals surface area contributed by atoms with Crippen LogP contribution in [0.5, 0.6) is 0 Å². The number of carbonyl (C=O) groups excluding carboxylic acids is 2. The molecular weight excluding hydrogens is 444 g/mol. The van der Waals surface area contributed by atoms with Crippen LogP contribution in [0.4, 0.5) is 4.79 Å². The van der Waals surface area contributed by atoms with Crippen LogP contribution >= 0.6 is 0 Å². The number of hydrogen-bond acceptors (Lipinski definition) is 4. The molecule has 3 aliphatic rings. The summed E-state index contributed by atoms with van der Waals surface area (Å²) >= 11 is 0. The molecule has 1 aliphatic heterocycles. The van der Waals surface area contributed by atoms with Crippen molar-refractivity contribution in [2.75, 3.05) is 19.7 Å². The van der Waals surface area contributed by atoms with Gasteiger partial charge in [-0.15, -0.1) is 0 Å². The second-order valence-corrected chi connectivity index (χ2v) is 9.87. The van der Waals surface area contributed by atoms with Gasteiger partial charge in [-0.1, -0.05) is 61.0 Å². The van der Waals surface area contributed by atoms with Gasteiger partial charge in [0.15, 0.2) is 0 Å². The summed E-state index contributed by atoms with van der Waals surface area (Å²) in [5.41, 5.74) is 4.27. The maximum atomic E-state index is 13.4. The number of carbonyl (C=O) groups is 3. The van der Waals surface area contributed by atoms with Gasteiger partial charge in [0.05, 0.1) is 5.41 Å². The van der Waals surface area contributed by atoms with Gasteiger partial charge < -0.3 is 20.1 Å². The summed E-state index contributed by atoms with van der Waals surface area (Å²) in [4.78, 5) is 39.1. The Bertz CT molecular complexity index is 1160. The molecule has 2 N–H and O–H groups in total. The molecule has 7 nitrogen and oxygen atoms in total. The van der Waals surface area contributed by atoms with Crippen LogP contribution in [0.1, 0.15) is 49.7 Å². The molecule has 1 saturated carbocycles. The quantitative estimate of drug-likeness (QED) is 0.673. The van der Waals surface area contributed by atoms with Gasteiger partial charge in [0.1, 0.15) is 6.61 Å². The van der Waals surface area contributed by atoms with Crippen molar-refractivity contribution in [2.24, 2.45) is 5.41 Å². The van der Waals surface area contributed by atoms with Gasteiger partial charge in [-0.3, -0.25) is 4.79 Å². The van der Waals surface area contributed by atoms with E-state index in [9.17, 15) is 19.5 Å². The van der Waals surface area contributed by atoms with Crippen molar-refractivity contribution in [3.63, 3.8) is 0 Å². The first-order valence-corrected chi connectivity index (χ1v) is 12.2.